The zero-order chi connectivity index (χ0) is 27.1. The summed E-state index contributed by atoms with van der Waals surface area (Å²) in [6.07, 6.45) is 0. The Kier molecular flexibility index (Phi) is 8.15. The minimum absolute atomic E-state index is 0.00282. The van der Waals surface area contributed by atoms with Crippen molar-refractivity contribution < 1.29 is 43.0 Å². The second kappa shape index (κ2) is 11.4. The maximum absolute atomic E-state index is 12.8. The molecule has 0 radical (unpaired) electrons. The highest BCUT2D eigenvalue weighted by Crippen LogP contribution is 2.33. The molecule has 190 valence electrons. The van der Waals surface area contributed by atoms with E-state index in [1.54, 1.807) is 0 Å². The second-order valence-electron chi connectivity index (χ2n) is 7.29. The van der Waals surface area contributed by atoms with Crippen LogP contribution in [0, 0.1) is 10.1 Å². The first-order valence-electron chi connectivity index (χ1n) is 10.4. The normalized spacial score (nSPS) is 10.1. The molecule has 0 unspecified atom stereocenters. The van der Waals surface area contributed by atoms with Crippen LogP contribution < -0.4 is 10.1 Å². The van der Waals surface area contributed by atoms with Gasteiger partial charge in [-0.15, -0.1) is 0 Å². The number of hydrogen-bond acceptors (Lipinski definition) is 10. The van der Waals surface area contributed by atoms with Gasteiger partial charge in [0.2, 0.25) is 0 Å². The number of carbonyl (C=O) groups excluding carboxylic acids is 4. The molecule has 0 aliphatic heterocycles. The molecule has 0 bridgehead atoms. The number of anilines is 1. The topological polar surface area (TPSA) is 160 Å². The number of nitrogens with zero attached hydrogens (tertiary/aromatic N) is 1. The summed E-state index contributed by atoms with van der Waals surface area (Å²) >= 11 is 0. The minimum atomic E-state index is -0.733. The molecule has 0 spiro atoms. The third-order valence-electron chi connectivity index (χ3n) is 4.97. The molecule has 1 N–H and O–H groups in total. The SMILES string of the molecule is COC(=O)c1cc(Oc2ccc(C(=O)OC)cc2NC(=O)c2ccc([N+](=O)[O-])cc2)cc(C(=O)OC)c1. The van der Waals surface area contributed by atoms with Gasteiger partial charge in [-0.25, -0.2) is 14.4 Å². The van der Waals surface area contributed by atoms with Crippen molar-refractivity contribution in [2.24, 2.45) is 0 Å². The van der Waals surface area contributed by atoms with Crippen LogP contribution in [0.3, 0.4) is 0 Å². The van der Waals surface area contributed by atoms with Crippen LogP contribution in [-0.4, -0.2) is 50.1 Å². The maximum Gasteiger partial charge on any atom is 0.338 e. The summed E-state index contributed by atoms with van der Waals surface area (Å²) in [5.74, 6) is -2.73. The third-order valence-corrected chi connectivity index (χ3v) is 4.97. The standard InChI is InChI=1S/C25H20N2O10/c1-34-23(29)15-6-9-21(20(13-15)26-22(28)14-4-7-18(8-5-14)27(32)33)37-19-11-16(24(30)35-2)10-17(12-19)25(31)36-3/h4-13H,1-3H3,(H,26,28). The summed E-state index contributed by atoms with van der Waals surface area (Å²) in [7, 11) is 3.53. The number of amides is 1. The van der Waals surface area contributed by atoms with E-state index in [9.17, 15) is 29.3 Å². The van der Waals surface area contributed by atoms with E-state index in [0.29, 0.717) is 0 Å². The number of methoxy groups -OCH3 is 3. The third kappa shape index (κ3) is 6.25. The van der Waals surface area contributed by atoms with Gasteiger partial charge in [0.25, 0.3) is 11.6 Å². The van der Waals surface area contributed by atoms with Gasteiger partial charge < -0.3 is 24.3 Å². The largest absolute Gasteiger partial charge is 0.465 e. The van der Waals surface area contributed by atoms with Crippen molar-refractivity contribution in [3.05, 3.63) is 93.0 Å². The van der Waals surface area contributed by atoms with Crippen LogP contribution in [0.4, 0.5) is 11.4 Å². The van der Waals surface area contributed by atoms with E-state index in [2.05, 4.69) is 5.32 Å². The van der Waals surface area contributed by atoms with Crippen LogP contribution in [-0.2, 0) is 14.2 Å². The molecule has 12 heteroatoms. The predicted octanol–water partition coefficient (Wildman–Crippen LogP) is 4.00. The van der Waals surface area contributed by atoms with Gasteiger partial charge in [0.05, 0.1) is 48.6 Å². The van der Waals surface area contributed by atoms with Crippen LogP contribution in [0.5, 0.6) is 11.5 Å². The van der Waals surface area contributed by atoms with Crippen molar-refractivity contribution in [1.82, 2.24) is 0 Å². The predicted molar refractivity (Wildman–Crippen MR) is 128 cm³/mol. The van der Waals surface area contributed by atoms with Gasteiger partial charge in [-0.05, 0) is 48.5 Å². The number of esters is 3. The van der Waals surface area contributed by atoms with Crippen LogP contribution >= 0.6 is 0 Å². The summed E-state index contributed by atoms with van der Waals surface area (Å²) in [6, 6.07) is 12.8. The van der Waals surface area contributed by atoms with Gasteiger partial charge in [-0.2, -0.15) is 0 Å². The van der Waals surface area contributed by atoms with Crippen molar-refractivity contribution in [3.8, 4) is 11.5 Å². The average molecular weight is 508 g/mol. The smallest absolute Gasteiger partial charge is 0.338 e. The van der Waals surface area contributed by atoms with Gasteiger partial charge in [-0.1, -0.05) is 0 Å². The molecule has 0 aliphatic rings. The molecule has 0 heterocycles. The highest BCUT2D eigenvalue weighted by molar-refractivity contribution is 6.06. The number of nitro groups is 1. The van der Waals surface area contributed by atoms with Crippen molar-refractivity contribution in [2.75, 3.05) is 26.6 Å². The van der Waals surface area contributed by atoms with Gasteiger partial charge in [0.15, 0.2) is 5.75 Å². The first-order valence-corrected chi connectivity index (χ1v) is 10.4. The number of benzene rings is 3. The first-order chi connectivity index (χ1) is 17.7. The molecule has 0 saturated carbocycles. The molecule has 3 aromatic carbocycles. The molecular weight excluding hydrogens is 488 g/mol. The van der Waals surface area contributed by atoms with E-state index in [-0.39, 0.29) is 45.1 Å². The molecule has 0 saturated heterocycles. The summed E-state index contributed by atoms with van der Waals surface area (Å²) in [5, 5.41) is 13.5. The van der Waals surface area contributed by atoms with Crippen LogP contribution in [0.1, 0.15) is 41.4 Å². The van der Waals surface area contributed by atoms with E-state index < -0.39 is 28.7 Å². The number of carbonyl (C=O) groups is 4. The Balaban J connectivity index is 2.01. The number of ether oxygens (including phenoxy) is 4. The minimum Gasteiger partial charge on any atom is -0.465 e. The lowest BCUT2D eigenvalue weighted by Gasteiger charge is -2.15. The Hall–Kier alpha value is -5.26. The quantitative estimate of drug-likeness (QED) is 0.204. The molecule has 1 amide bonds. The molecule has 0 atom stereocenters. The fourth-order valence-electron chi connectivity index (χ4n) is 3.15. The number of nitrogens with one attached hydrogen (secondary N) is 1. The fraction of sp³-hybridized carbons (Fsp3) is 0.120. The highest BCUT2D eigenvalue weighted by Gasteiger charge is 2.19. The average Bonchev–Trinajstić information content (AvgIpc) is 2.92. The highest BCUT2D eigenvalue weighted by atomic mass is 16.6. The van der Waals surface area contributed by atoms with Crippen LogP contribution in [0.2, 0.25) is 0 Å². The molecule has 3 rings (SSSR count). The van der Waals surface area contributed by atoms with Crippen LogP contribution in [0.15, 0.2) is 60.7 Å². The van der Waals surface area contributed by atoms with E-state index in [1.165, 1.54) is 82.0 Å². The second-order valence-corrected chi connectivity index (χ2v) is 7.29. The molecule has 12 nitrogen and oxygen atoms in total. The van der Waals surface area contributed by atoms with Gasteiger partial charge in [0.1, 0.15) is 5.75 Å². The van der Waals surface area contributed by atoms with E-state index >= 15 is 0 Å². The zero-order valence-electron chi connectivity index (χ0n) is 19.8. The monoisotopic (exact) mass is 508 g/mol. The fourth-order valence-corrected chi connectivity index (χ4v) is 3.15. The Morgan fingerprint density at radius 1 is 0.703 bits per heavy atom. The molecule has 0 aliphatic carbocycles. The van der Waals surface area contributed by atoms with E-state index in [0.717, 1.165) is 0 Å². The number of hydrogen-bond donors (Lipinski definition) is 1. The maximum atomic E-state index is 12.8. The molecule has 37 heavy (non-hydrogen) atoms. The molecular formula is C25H20N2O10. The van der Waals surface area contributed by atoms with Gasteiger partial charge in [-0.3, -0.25) is 14.9 Å². The Labute approximate surface area is 209 Å². The van der Waals surface area contributed by atoms with E-state index in [1.807, 2.05) is 0 Å². The molecule has 0 fully saturated rings. The van der Waals surface area contributed by atoms with Gasteiger partial charge >= 0.3 is 17.9 Å². The lowest BCUT2D eigenvalue weighted by atomic mass is 10.1. The zero-order valence-corrected chi connectivity index (χ0v) is 19.8. The summed E-state index contributed by atoms with van der Waals surface area (Å²) in [6.45, 7) is 0. The van der Waals surface area contributed by atoms with E-state index in [4.69, 9.17) is 18.9 Å². The lowest BCUT2D eigenvalue weighted by molar-refractivity contribution is -0.384. The molecule has 3 aromatic rings. The molecule has 0 aromatic heterocycles. The lowest BCUT2D eigenvalue weighted by Crippen LogP contribution is -2.13. The van der Waals surface area contributed by atoms with Crippen molar-refractivity contribution in [3.63, 3.8) is 0 Å². The number of nitro benzene ring substituents is 1. The van der Waals surface area contributed by atoms with Crippen molar-refractivity contribution >= 4 is 35.2 Å². The Morgan fingerprint density at radius 2 is 1.22 bits per heavy atom. The summed E-state index contributed by atoms with van der Waals surface area (Å²) in [5.41, 5.74) is 0.0358. The Morgan fingerprint density at radius 3 is 1.73 bits per heavy atom. The summed E-state index contributed by atoms with van der Waals surface area (Å²) in [4.78, 5) is 59.4. The summed E-state index contributed by atoms with van der Waals surface area (Å²) < 4.78 is 20.0. The number of non-ortho nitro benzene ring substituents is 1. The number of rotatable bonds is 8. The van der Waals surface area contributed by atoms with Crippen LogP contribution in [0.25, 0.3) is 0 Å². The first kappa shape index (κ1) is 26.3. The van der Waals surface area contributed by atoms with Crippen molar-refractivity contribution in [1.29, 1.82) is 0 Å². The Bertz CT molecular complexity index is 1350. The van der Waals surface area contributed by atoms with Gasteiger partial charge in [0, 0.05) is 17.7 Å². The van der Waals surface area contributed by atoms with Crippen molar-refractivity contribution in [2.45, 2.75) is 0 Å².